The van der Waals surface area contributed by atoms with Gasteiger partial charge < -0.3 is 5.32 Å². The van der Waals surface area contributed by atoms with Gasteiger partial charge in [-0.25, -0.2) is 0 Å². The van der Waals surface area contributed by atoms with E-state index < -0.39 is 0 Å². The summed E-state index contributed by atoms with van der Waals surface area (Å²) in [6.07, 6.45) is 3.80. The summed E-state index contributed by atoms with van der Waals surface area (Å²) in [6.45, 7) is 13.4. The maximum absolute atomic E-state index is 4.95. The Morgan fingerprint density at radius 2 is 1.87 bits per heavy atom. The third-order valence-electron chi connectivity index (χ3n) is 7.64. The van der Waals surface area contributed by atoms with Crippen LogP contribution in [0, 0.1) is 5.41 Å². The Kier molecular flexibility index (Phi) is 5.49. The molecular weight excluding hydrogens is 370 g/mol. The second-order valence-electron chi connectivity index (χ2n) is 9.25. The third-order valence-corrected chi connectivity index (χ3v) is 7.64. The van der Waals surface area contributed by atoms with E-state index >= 15 is 0 Å². The SMILES string of the molecule is CCC1(C)c2[nH]nc(-c3cccc(CCNCc4ccccn4)n3)c2C(C)C1(C)C. The minimum atomic E-state index is 0.0972. The Balaban J connectivity index is 1.51. The zero-order valence-electron chi connectivity index (χ0n) is 18.8. The van der Waals surface area contributed by atoms with E-state index in [1.54, 1.807) is 0 Å². The van der Waals surface area contributed by atoms with Gasteiger partial charge in [-0.1, -0.05) is 46.8 Å². The zero-order valence-corrected chi connectivity index (χ0v) is 18.8. The molecule has 5 heteroatoms. The van der Waals surface area contributed by atoms with Gasteiger partial charge in [0.05, 0.1) is 11.4 Å². The standard InChI is InChI=1S/C25H33N5/c1-6-25(5)23-21(17(2)24(25,3)4)22(29-30-23)20-12-9-11-18(28-20)13-15-26-16-19-10-7-8-14-27-19/h7-12,14,17,26H,6,13,15-16H2,1-5H3,(H,29,30). The zero-order chi connectivity index (χ0) is 21.4. The number of aromatic nitrogens is 4. The molecule has 30 heavy (non-hydrogen) atoms. The van der Waals surface area contributed by atoms with Crippen LogP contribution in [0.3, 0.4) is 0 Å². The molecule has 0 spiro atoms. The average molecular weight is 404 g/mol. The van der Waals surface area contributed by atoms with Gasteiger partial charge in [0, 0.05) is 48.1 Å². The smallest absolute Gasteiger partial charge is 0.114 e. The Hall–Kier alpha value is -2.53. The van der Waals surface area contributed by atoms with Gasteiger partial charge in [-0.3, -0.25) is 15.1 Å². The van der Waals surface area contributed by atoms with Crippen LogP contribution in [0.2, 0.25) is 0 Å². The van der Waals surface area contributed by atoms with E-state index in [-0.39, 0.29) is 10.8 Å². The lowest BCUT2D eigenvalue weighted by Crippen LogP contribution is -2.37. The van der Waals surface area contributed by atoms with Gasteiger partial charge in [-0.05, 0) is 42.0 Å². The van der Waals surface area contributed by atoms with Crippen LogP contribution in [-0.2, 0) is 18.4 Å². The molecule has 2 unspecified atom stereocenters. The van der Waals surface area contributed by atoms with E-state index in [1.807, 2.05) is 24.4 Å². The van der Waals surface area contributed by atoms with Crippen LogP contribution in [0.1, 0.15) is 69.6 Å². The van der Waals surface area contributed by atoms with E-state index in [9.17, 15) is 0 Å². The van der Waals surface area contributed by atoms with Gasteiger partial charge in [0.15, 0.2) is 0 Å². The molecule has 1 aliphatic rings. The van der Waals surface area contributed by atoms with Crippen LogP contribution >= 0.6 is 0 Å². The van der Waals surface area contributed by atoms with Crippen LogP contribution in [0.4, 0.5) is 0 Å². The van der Waals surface area contributed by atoms with Crippen molar-refractivity contribution >= 4 is 0 Å². The molecule has 3 aromatic rings. The quantitative estimate of drug-likeness (QED) is 0.544. The molecule has 4 rings (SSSR count). The summed E-state index contributed by atoms with van der Waals surface area (Å²) in [5, 5.41) is 11.6. The molecule has 158 valence electrons. The Bertz CT molecular complexity index is 1010. The highest BCUT2D eigenvalue weighted by atomic mass is 15.1. The molecule has 0 bridgehead atoms. The van der Waals surface area contributed by atoms with E-state index in [2.05, 4.69) is 68.2 Å². The first-order valence-corrected chi connectivity index (χ1v) is 11.0. The summed E-state index contributed by atoms with van der Waals surface area (Å²) >= 11 is 0. The highest BCUT2D eigenvalue weighted by molar-refractivity contribution is 5.64. The van der Waals surface area contributed by atoms with Gasteiger partial charge in [-0.2, -0.15) is 5.10 Å². The average Bonchev–Trinajstić information content (AvgIpc) is 3.26. The number of nitrogens with zero attached hydrogens (tertiary/aromatic N) is 3. The van der Waals surface area contributed by atoms with Crippen molar-refractivity contribution in [3.05, 3.63) is 65.2 Å². The van der Waals surface area contributed by atoms with Crippen molar-refractivity contribution < 1.29 is 0 Å². The Labute approximate surface area is 179 Å². The number of hydrogen-bond acceptors (Lipinski definition) is 4. The summed E-state index contributed by atoms with van der Waals surface area (Å²) in [5.41, 5.74) is 7.05. The topological polar surface area (TPSA) is 66.5 Å². The van der Waals surface area contributed by atoms with Crippen molar-refractivity contribution in [2.45, 2.75) is 65.3 Å². The van der Waals surface area contributed by atoms with Gasteiger partial charge in [-0.15, -0.1) is 0 Å². The molecule has 3 heterocycles. The molecule has 0 aliphatic heterocycles. The number of nitrogens with one attached hydrogen (secondary N) is 2. The lowest BCUT2D eigenvalue weighted by Gasteiger charge is -2.40. The maximum atomic E-state index is 4.95. The van der Waals surface area contributed by atoms with E-state index in [0.29, 0.717) is 5.92 Å². The number of pyridine rings is 2. The van der Waals surface area contributed by atoms with Gasteiger partial charge >= 0.3 is 0 Å². The van der Waals surface area contributed by atoms with Crippen molar-refractivity contribution in [3.8, 4) is 11.4 Å². The summed E-state index contributed by atoms with van der Waals surface area (Å²) in [5.74, 6) is 0.427. The Morgan fingerprint density at radius 3 is 2.60 bits per heavy atom. The number of hydrogen-bond donors (Lipinski definition) is 2. The molecule has 5 nitrogen and oxygen atoms in total. The second kappa shape index (κ2) is 7.95. The molecule has 1 aliphatic carbocycles. The van der Waals surface area contributed by atoms with Crippen LogP contribution in [0.25, 0.3) is 11.4 Å². The molecule has 0 saturated heterocycles. The highest BCUT2D eigenvalue weighted by Crippen LogP contribution is 2.60. The monoisotopic (exact) mass is 403 g/mol. The predicted molar refractivity (Wildman–Crippen MR) is 121 cm³/mol. The number of H-pyrrole nitrogens is 1. The highest BCUT2D eigenvalue weighted by Gasteiger charge is 2.54. The second-order valence-corrected chi connectivity index (χ2v) is 9.25. The van der Waals surface area contributed by atoms with Crippen molar-refractivity contribution in [3.63, 3.8) is 0 Å². The largest absolute Gasteiger partial charge is 0.311 e. The minimum Gasteiger partial charge on any atom is -0.311 e. The molecule has 2 atom stereocenters. The fourth-order valence-electron chi connectivity index (χ4n) is 4.87. The summed E-state index contributed by atoms with van der Waals surface area (Å²) in [6, 6.07) is 12.3. The molecule has 0 radical (unpaired) electrons. The van der Waals surface area contributed by atoms with Crippen molar-refractivity contribution in [2.24, 2.45) is 5.41 Å². The molecule has 3 aromatic heterocycles. The number of fused-ring (bicyclic) bond motifs is 1. The predicted octanol–water partition coefficient (Wildman–Crippen LogP) is 5.01. The first-order chi connectivity index (χ1) is 14.4. The fraction of sp³-hybridized carbons (Fsp3) is 0.480. The van der Waals surface area contributed by atoms with Crippen LogP contribution < -0.4 is 5.32 Å². The lowest BCUT2D eigenvalue weighted by molar-refractivity contribution is 0.162. The fourth-order valence-corrected chi connectivity index (χ4v) is 4.87. The maximum Gasteiger partial charge on any atom is 0.114 e. The molecular formula is C25H33N5. The number of aromatic amines is 1. The first-order valence-electron chi connectivity index (χ1n) is 11.0. The third kappa shape index (κ3) is 3.35. The van der Waals surface area contributed by atoms with Crippen LogP contribution in [0.15, 0.2) is 42.6 Å². The Morgan fingerprint density at radius 1 is 1.07 bits per heavy atom. The number of rotatable bonds is 7. The molecule has 0 amide bonds. The van der Waals surface area contributed by atoms with Crippen LogP contribution in [0.5, 0.6) is 0 Å². The van der Waals surface area contributed by atoms with E-state index in [1.165, 1.54) is 11.3 Å². The molecule has 0 aromatic carbocycles. The van der Waals surface area contributed by atoms with Gasteiger partial charge in [0.2, 0.25) is 0 Å². The summed E-state index contributed by atoms with van der Waals surface area (Å²) in [7, 11) is 0. The summed E-state index contributed by atoms with van der Waals surface area (Å²) < 4.78 is 0. The summed E-state index contributed by atoms with van der Waals surface area (Å²) in [4.78, 5) is 9.31. The van der Waals surface area contributed by atoms with E-state index in [0.717, 1.165) is 48.7 Å². The molecule has 0 fully saturated rings. The van der Waals surface area contributed by atoms with Crippen molar-refractivity contribution in [2.75, 3.05) is 6.54 Å². The van der Waals surface area contributed by atoms with Crippen molar-refractivity contribution in [1.29, 1.82) is 0 Å². The minimum absolute atomic E-state index is 0.0972. The van der Waals surface area contributed by atoms with Gasteiger partial charge in [0.1, 0.15) is 5.69 Å². The molecule has 0 saturated carbocycles. The first kappa shape index (κ1) is 20.7. The molecule has 2 N–H and O–H groups in total. The lowest BCUT2D eigenvalue weighted by atomic mass is 9.63. The van der Waals surface area contributed by atoms with Crippen molar-refractivity contribution in [1.82, 2.24) is 25.5 Å². The van der Waals surface area contributed by atoms with Crippen LogP contribution in [-0.4, -0.2) is 26.7 Å². The van der Waals surface area contributed by atoms with Gasteiger partial charge in [0.25, 0.3) is 0 Å². The normalized spacial score (nSPS) is 22.2. The van der Waals surface area contributed by atoms with E-state index in [4.69, 9.17) is 10.1 Å².